The van der Waals surface area contributed by atoms with Crippen LogP contribution in [0.25, 0.3) is 0 Å². The Morgan fingerprint density at radius 1 is 1.29 bits per heavy atom. The average molecular weight is 334 g/mol. The number of methoxy groups -OCH3 is 1. The first-order valence-electron chi connectivity index (χ1n) is 8.17. The molecular weight excluding hydrogens is 308 g/mol. The van der Waals surface area contributed by atoms with Crippen LogP contribution in [0.1, 0.15) is 39.2 Å². The lowest BCUT2D eigenvalue weighted by molar-refractivity contribution is -0.129. The van der Waals surface area contributed by atoms with E-state index in [4.69, 9.17) is 9.47 Å². The molecule has 0 bridgehead atoms. The zero-order valence-corrected chi connectivity index (χ0v) is 15.0. The van der Waals surface area contributed by atoms with E-state index in [2.05, 4.69) is 5.32 Å². The van der Waals surface area contributed by atoms with Gasteiger partial charge in [0.1, 0.15) is 17.4 Å². The molecule has 1 aromatic carbocycles. The van der Waals surface area contributed by atoms with Crippen molar-refractivity contribution in [3.8, 4) is 5.75 Å². The number of hydrogen-bond donors (Lipinski definition) is 1. The molecule has 0 aliphatic carbocycles. The Balaban J connectivity index is 2.20. The molecule has 1 aliphatic rings. The summed E-state index contributed by atoms with van der Waals surface area (Å²) in [5, 5.41) is 2.74. The number of likely N-dealkylation sites (tertiary alicyclic amines) is 1. The summed E-state index contributed by atoms with van der Waals surface area (Å²) in [4.78, 5) is 26.4. The van der Waals surface area contributed by atoms with Crippen molar-refractivity contribution in [3.05, 3.63) is 29.8 Å². The van der Waals surface area contributed by atoms with Crippen LogP contribution in [0, 0.1) is 0 Å². The summed E-state index contributed by atoms with van der Waals surface area (Å²) in [6.07, 6.45) is -0.572. The highest BCUT2D eigenvalue weighted by atomic mass is 16.6. The summed E-state index contributed by atoms with van der Waals surface area (Å²) < 4.78 is 10.5. The lowest BCUT2D eigenvalue weighted by Gasteiger charge is -2.23. The molecule has 1 aromatic rings. The third-order valence-corrected chi connectivity index (χ3v) is 4.00. The molecule has 1 N–H and O–H groups in total. The first-order chi connectivity index (χ1) is 11.2. The number of hydrogen-bond acceptors (Lipinski definition) is 4. The number of carbonyl (C=O) groups excluding carboxylic acids is 2. The molecular formula is C18H26N2O4. The van der Waals surface area contributed by atoms with Gasteiger partial charge in [0.25, 0.3) is 0 Å². The van der Waals surface area contributed by atoms with Crippen LogP contribution in [0.15, 0.2) is 24.3 Å². The standard InChI is InChI=1S/C18H26N2O4/c1-6-20-11-14(12-7-9-13(23-5)10-8-12)15(16(20)21)19-17(22)24-18(2,3)4/h7-10,14-15H,6,11H2,1-5H3,(H,19,22)/t14-,15-/m0/s1. The van der Waals surface area contributed by atoms with Gasteiger partial charge in [0.2, 0.25) is 5.91 Å². The molecule has 0 unspecified atom stereocenters. The molecule has 1 saturated heterocycles. The van der Waals surface area contributed by atoms with E-state index in [-0.39, 0.29) is 11.8 Å². The van der Waals surface area contributed by atoms with Crippen molar-refractivity contribution in [3.63, 3.8) is 0 Å². The fraction of sp³-hybridized carbons (Fsp3) is 0.556. The van der Waals surface area contributed by atoms with Gasteiger partial charge in [0.15, 0.2) is 0 Å². The van der Waals surface area contributed by atoms with Crippen LogP contribution in [-0.4, -0.2) is 48.7 Å². The predicted molar refractivity (Wildman–Crippen MR) is 91.1 cm³/mol. The smallest absolute Gasteiger partial charge is 0.408 e. The Morgan fingerprint density at radius 2 is 1.92 bits per heavy atom. The average Bonchev–Trinajstić information content (AvgIpc) is 2.82. The van der Waals surface area contributed by atoms with E-state index >= 15 is 0 Å². The largest absolute Gasteiger partial charge is 0.497 e. The van der Waals surface area contributed by atoms with Crippen LogP contribution in [0.5, 0.6) is 5.75 Å². The second-order valence-corrected chi connectivity index (χ2v) is 6.88. The van der Waals surface area contributed by atoms with Crippen LogP contribution in [0.4, 0.5) is 4.79 Å². The van der Waals surface area contributed by atoms with Crippen LogP contribution in [0.3, 0.4) is 0 Å². The van der Waals surface area contributed by atoms with Gasteiger partial charge in [-0.15, -0.1) is 0 Å². The number of nitrogens with zero attached hydrogens (tertiary/aromatic N) is 1. The van der Waals surface area contributed by atoms with Crippen molar-refractivity contribution in [1.82, 2.24) is 10.2 Å². The molecule has 0 saturated carbocycles. The first kappa shape index (κ1) is 18.1. The molecule has 2 rings (SSSR count). The molecule has 24 heavy (non-hydrogen) atoms. The van der Waals surface area contributed by atoms with Crippen molar-refractivity contribution in [2.45, 2.75) is 45.3 Å². The molecule has 132 valence electrons. The van der Waals surface area contributed by atoms with E-state index in [1.165, 1.54) is 0 Å². The molecule has 6 heteroatoms. The maximum absolute atomic E-state index is 12.6. The van der Waals surface area contributed by atoms with E-state index < -0.39 is 17.7 Å². The Hall–Kier alpha value is -2.24. The predicted octanol–water partition coefficient (Wildman–Crippen LogP) is 2.53. The van der Waals surface area contributed by atoms with Crippen LogP contribution < -0.4 is 10.1 Å². The van der Waals surface area contributed by atoms with E-state index in [0.29, 0.717) is 13.1 Å². The van der Waals surface area contributed by atoms with Gasteiger partial charge in [-0.3, -0.25) is 4.79 Å². The summed E-state index contributed by atoms with van der Waals surface area (Å²) in [5.41, 5.74) is 0.382. The normalized spacial score (nSPS) is 20.9. The molecule has 1 aliphatic heterocycles. The number of rotatable bonds is 4. The van der Waals surface area contributed by atoms with Crippen molar-refractivity contribution < 1.29 is 19.1 Å². The molecule has 0 radical (unpaired) electrons. The van der Waals surface area contributed by atoms with Crippen LogP contribution >= 0.6 is 0 Å². The summed E-state index contributed by atoms with van der Waals surface area (Å²) in [5.74, 6) is 0.562. The van der Waals surface area contributed by atoms with E-state index in [0.717, 1.165) is 11.3 Å². The monoisotopic (exact) mass is 334 g/mol. The van der Waals surface area contributed by atoms with Crippen molar-refractivity contribution in [2.75, 3.05) is 20.2 Å². The van der Waals surface area contributed by atoms with Gasteiger partial charge < -0.3 is 19.7 Å². The van der Waals surface area contributed by atoms with Crippen molar-refractivity contribution in [2.24, 2.45) is 0 Å². The molecule has 0 aromatic heterocycles. The lowest BCUT2D eigenvalue weighted by atomic mass is 9.94. The molecule has 2 amide bonds. The zero-order chi connectivity index (χ0) is 17.9. The van der Waals surface area contributed by atoms with Gasteiger partial charge in [-0.1, -0.05) is 12.1 Å². The number of benzene rings is 1. The maximum atomic E-state index is 12.6. The minimum atomic E-state index is -0.617. The van der Waals surface area contributed by atoms with Crippen LogP contribution in [0.2, 0.25) is 0 Å². The molecule has 1 fully saturated rings. The van der Waals surface area contributed by atoms with Crippen molar-refractivity contribution >= 4 is 12.0 Å². The number of amides is 2. The second kappa shape index (κ2) is 7.11. The molecule has 6 nitrogen and oxygen atoms in total. The van der Waals surface area contributed by atoms with E-state index in [1.807, 2.05) is 31.2 Å². The van der Waals surface area contributed by atoms with Gasteiger partial charge in [-0.2, -0.15) is 0 Å². The highest BCUT2D eigenvalue weighted by Crippen LogP contribution is 2.30. The topological polar surface area (TPSA) is 67.9 Å². The Morgan fingerprint density at radius 3 is 2.42 bits per heavy atom. The van der Waals surface area contributed by atoms with Crippen LogP contribution in [-0.2, 0) is 9.53 Å². The van der Waals surface area contributed by atoms with Crippen molar-refractivity contribution in [1.29, 1.82) is 0 Å². The van der Waals surface area contributed by atoms with E-state index in [1.54, 1.807) is 32.8 Å². The Labute approximate surface area is 143 Å². The SMILES string of the molecule is CCN1C[C@@H](c2ccc(OC)cc2)[C@H](NC(=O)OC(C)(C)C)C1=O. The molecule has 0 spiro atoms. The number of nitrogens with one attached hydrogen (secondary N) is 1. The van der Waals surface area contributed by atoms with Gasteiger partial charge in [-0.05, 0) is 45.4 Å². The third kappa shape index (κ3) is 4.19. The highest BCUT2D eigenvalue weighted by Gasteiger charge is 2.42. The molecule has 2 atom stereocenters. The van der Waals surface area contributed by atoms with E-state index in [9.17, 15) is 9.59 Å². The highest BCUT2D eigenvalue weighted by molar-refractivity contribution is 5.89. The first-order valence-corrected chi connectivity index (χ1v) is 8.17. The Kier molecular flexibility index (Phi) is 5.36. The van der Waals surface area contributed by atoms with Gasteiger partial charge in [0.05, 0.1) is 7.11 Å². The minimum absolute atomic E-state index is 0.0795. The summed E-state index contributed by atoms with van der Waals surface area (Å²) in [6, 6.07) is 6.96. The molecule has 1 heterocycles. The van der Waals surface area contributed by atoms with Gasteiger partial charge in [-0.25, -0.2) is 4.79 Å². The number of alkyl carbamates (subject to hydrolysis) is 1. The van der Waals surface area contributed by atoms with Gasteiger partial charge >= 0.3 is 6.09 Å². The number of ether oxygens (including phenoxy) is 2. The summed E-state index contributed by atoms with van der Waals surface area (Å²) >= 11 is 0. The minimum Gasteiger partial charge on any atom is -0.497 e. The summed E-state index contributed by atoms with van der Waals surface area (Å²) in [7, 11) is 1.61. The quantitative estimate of drug-likeness (QED) is 0.919. The van der Waals surface area contributed by atoms with Gasteiger partial charge in [0, 0.05) is 19.0 Å². The number of carbonyl (C=O) groups is 2. The third-order valence-electron chi connectivity index (χ3n) is 4.00. The lowest BCUT2D eigenvalue weighted by Crippen LogP contribution is -2.45. The summed E-state index contributed by atoms with van der Waals surface area (Å²) in [6.45, 7) is 8.49. The Bertz CT molecular complexity index is 592. The maximum Gasteiger partial charge on any atom is 0.408 e. The fourth-order valence-electron chi connectivity index (χ4n) is 2.83. The fourth-order valence-corrected chi connectivity index (χ4v) is 2.83. The zero-order valence-electron chi connectivity index (χ0n) is 15.0. The number of likely N-dealkylation sites (N-methyl/N-ethyl adjacent to an activating group) is 1. The second-order valence-electron chi connectivity index (χ2n) is 6.88.